The topological polar surface area (TPSA) is 89.7 Å². The summed E-state index contributed by atoms with van der Waals surface area (Å²) in [5.41, 5.74) is 5.94. The van der Waals surface area contributed by atoms with Gasteiger partial charge in [-0.1, -0.05) is 6.92 Å². The molecular formula is C12H20N2O4S2. The van der Waals surface area contributed by atoms with E-state index in [9.17, 15) is 13.2 Å². The third kappa shape index (κ3) is 3.50. The van der Waals surface area contributed by atoms with E-state index in [4.69, 9.17) is 10.5 Å². The number of ether oxygens (including phenoxy) is 1. The summed E-state index contributed by atoms with van der Waals surface area (Å²) in [6.45, 7) is 2.68. The first-order chi connectivity index (χ1) is 9.23. The van der Waals surface area contributed by atoms with Crippen LogP contribution in [0.5, 0.6) is 0 Å². The second kappa shape index (κ2) is 6.55. The molecule has 1 heterocycles. The third-order valence-electron chi connectivity index (χ3n) is 2.80. The zero-order chi connectivity index (χ0) is 15.5. The Hall–Kier alpha value is -1.12. The lowest BCUT2D eigenvalue weighted by molar-refractivity contribution is 0.0992. The molecule has 6 nitrogen and oxygen atoms in total. The quantitative estimate of drug-likeness (QED) is 0.764. The molecule has 0 aliphatic carbocycles. The van der Waals surface area contributed by atoms with Crippen molar-refractivity contribution in [3.63, 3.8) is 0 Å². The van der Waals surface area contributed by atoms with Gasteiger partial charge in [-0.15, -0.1) is 11.3 Å². The maximum atomic E-state index is 11.9. The maximum absolute atomic E-state index is 11.9. The molecule has 0 radical (unpaired) electrons. The van der Waals surface area contributed by atoms with E-state index in [0.717, 1.165) is 17.6 Å². The molecule has 1 aromatic rings. The minimum absolute atomic E-state index is 0.0397. The van der Waals surface area contributed by atoms with Gasteiger partial charge >= 0.3 is 0 Å². The maximum Gasteiger partial charge on any atom is 0.180 e. The molecule has 0 unspecified atom stereocenters. The van der Waals surface area contributed by atoms with E-state index >= 15 is 0 Å². The summed E-state index contributed by atoms with van der Waals surface area (Å²) in [6, 6.07) is 0. The summed E-state index contributed by atoms with van der Waals surface area (Å²) < 4.78 is 28.8. The van der Waals surface area contributed by atoms with Gasteiger partial charge < -0.3 is 15.4 Å². The third-order valence-corrected chi connectivity index (χ3v) is 5.45. The van der Waals surface area contributed by atoms with Gasteiger partial charge in [0.05, 0.1) is 17.2 Å². The number of hydrogen-bond donors (Lipinski definition) is 1. The molecule has 2 N–H and O–H groups in total. The number of rotatable bonds is 7. The number of anilines is 2. The van der Waals surface area contributed by atoms with Crippen LogP contribution in [0.15, 0.2) is 4.90 Å². The van der Waals surface area contributed by atoms with Gasteiger partial charge in [0.1, 0.15) is 9.90 Å². The number of hydrogen-bond acceptors (Lipinski definition) is 7. The number of nitrogen functional groups attached to an aromatic ring is 1. The SMILES string of the molecule is CCC(=O)c1sc(N(C)CCOC)c(S(C)(=O)=O)c1N. The first kappa shape index (κ1) is 16.9. The molecule has 114 valence electrons. The van der Waals surface area contributed by atoms with E-state index in [1.165, 1.54) is 0 Å². The Morgan fingerprint density at radius 2 is 2.05 bits per heavy atom. The average molecular weight is 320 g/mol. The number of Topliss-reactive ketones (excluding diaryl/α,β-unsaturated/α-hetero) is 1. The zero-order valence-corrected chi connectivity index (χ0v) is 13.7. The van der Waals surface area contributed by atoms with Crippen LogP contribution in [0.25, 0.3) is 0 Å². The summed E-state index contributed by atoms with van der Waals surface area (Å²) >= 11 is 1.12. The van der Waals surface area contributed by atoms with Crippen LogP contribution in [0.2, 0.25) is 0 Å². The Morgan fingerprint density at radius 3 is 2.50 bits per heavy atom. The lowest BCUT2D eigenvalue weighted by atomic mass is 10.2. The first-order valence-electron chi connectivity index (χ1n) is 6.09. The highest BCUT2D eigenvalue weighted by atomic mass is 32.2. The largest absolute Gasteiger partial charge is 0.396 e. The highest BCUT2D eigenvalue weighted by Crippen LogP contribution is 2.41. The number of nitrogens with two attached hydrogens (primary N) is 1. The summed E-state index contributed by atoms with van der Waals surface area (Å²) in [5, 5.41) is 0.485. The lowest BCUT2D eigenvalue weighted by Gasteiger charge is -2.18. The Morgan fingerprint density at radius 1 is 1.45 bits per heavy atom. The smallest absolute Gasteiger partial charge is 0.180 e. The van der Waals surface area contributed by atoms with E-state index in [-0.39, 0.29) is 22.8 Å². The number of carbonyl (C=O) groups is 1. The fraction of sp³-hybridized carbons (Fsp3) is 0.583. The average Bonchev–Trinajstić information content (AvgIpc) is 2.72. The molecule has 20 heavy (non-hydrogen) atoms. The van der Waals surface area contributed by atoms with Crippen molar-refractivity contribution in [2.45, 2.75) is 18.2 Å². The molecule has 0 aromatic carbocycles. The summed E-state index contributed by atoms with van der Waals surface area (Å²) in [5.74, 6) is -0.149. The molecule has 0 spiro atoms. The van der Waals surface area contributed by atoms with Crippen molar-refractivity contribution in [1.29, 1.82) is 0 Å². The van der Waals surface area contributed by atoms with Gasteiger partial charge in [-0.25, -0.2) is 8.42 Å². The second-order valence-electron chi connectivity index (χ2n) is 4.44. The van der Waals surface area contributed by atoms with Gasteiger partial charge in [0, 0.05) is 33.4 Å². The van der Waals surface area contributed by atoms with Gasteiger partial charge in [0.25, 0.3) is 0 Å². The van der Waals surface area contributed by atoms with Crippen molar-refractivity contribution in [2.75, 3.05) is 44.2 Å². The van der Waals surface area contributed by atoms with Crippen LogP contribution in [0.3, 0.4) is 0 Å². The van der Waals surface area contributed by atoms with Crippen molar-refractivity contribution in [3.05, 3.63) is 4.88 Å². The number of sulfone groups is 1. The van der Waals surface area contributed by atoms with Crippen molar-refractivity contribution in [2.24, 2.45) is 0 Å². The van der Waals surface area contributed by atoms with E-state index in [1.807, 2.05) is 0 Å². The summed E-state index contributed by atoms with van der Waals surface area (Å²) in [4.78, 5) is 14.0. The van der Waals surface area contributed by atoms with E-state index in [0.29, 0.717) is 23.0 Å². The molecular weight excluding hydrogens is 300 g/mol. The minimum atomic E-state index is -3.50. The van der Waals surface area contributed by atoms with Crippen LogP contribution in [-0.2, 0) is 14.6 Å². The molecule has 0 amide bonds. The molecule has 0 aliphatic rings. The van der Waals surface area contributed by atoms with Crippen molar-refractivity contribution in [3.8, 4) is 0 Å². The molecule has 0 saturated heterocycles. The monoisotopic (exact) mass is 320 g/mol. The van der Waals surface area contributed by atoms with Gasteiger partial charge in [-0.3, -0.25) is 4.79 Å². The lowest BCUT2D eigenvalue weighted by Crippen LogP contribution is -2.22. The first-order valence-corrected chi connectivity index (χ1v) is 8.80. The highest BCUT2D eigenvalue weighted by molar-refractivity contribution is 7.91. The van der Waals surface area contributed by atoms with Gasteiger partial charge in [0.2, 0.25) is 0 Å². The van der Waals surface area contributed by atoms with E-state index < -0.39 is 9.84 Å². The van der Waals surface area contributed by atoms with Crippen LogP contribution in [0.1, 0.15) is 23.0 Å². The van der Waals surface area contributed by atoms with Crippen LogP contribution in [0, 0.1) is 0 Å². The van der Waals surface area contributed by atoms with Gasteiger partial charge in [0.15, 0.2) is 15.6 Å². The summed E-state index contributed by atoms with van der Waals surface area (Å²) in [7, 11) is -0.186. The molecule has 1 rings (SSSR count). The van der Waals surface area contributed by atoms with Crippen LogP contribution < -0.4 is 10.6 Å². The van der Waals surface area contributed by atoms with Crippen LogP contribution in [-0.4, -0.2) is 47.8 Å². The van der Waals surface area contributed by atoms with Gasteiger partial charge in [-0.2, -0.15) is 0 Å². The fourth-order valence-electron chi connectivity index (χ4n) is 1.72. The molecule has 1 aromatic heterocycles. The predicted molar refractivity (Wildman–Crippen MR) is 81.6 cm³/mol. The Kier molecular flexibility index (Phi) is 5.55. The molecule has 0 aliphatic heterocycles. The number of nitrogens with zero attached hydrogens (tertiary/aromatic N) is 1. The number of thiophene rings is 1. The number of ketones is 1. The van der Waals surface area contributed by atoms with E-state index in [1.54, 1.807) is 26.0 Å². The summed E-state index contributed by atoms with van der Waals surface area (Å²) in [6.07, 6.45) is 1.38. The Labute approximate surface area is 123 Å². The Balaban J connectivity index is 3.39. The van der Waals surface area contributed by atoms with Gasteiger partial charge in [-0.05, 0) is 0 Å². The number of carbonyl (C=O) groups excluding carboxylic acids is 1. The highest BCUT2D eigenvalue weighted by Gasteiger charge is 2.28. The standard InChI is InChI=1S/C12H20N2O4S2/c1-5-8(15)10-9(13)11(20(4,16)17)12(19-10)14(2)6-7-18-3/h5-7,13H2,1-4H3. The Bertz CT molecular complexity index is 593. The van der Waals surface area contributed by atoms with Crippen LogP contribution >= 0.6 is 11.3 Å². The fourth-order valence-corrected chi connectivity index (χ4v) is 4.45. The van der Waals surface area contributed by atoms with E-state index in [2.05, 4.69) is 0 Å². The molecule has 0 atom stereocenters. The molecule has 0 fully saturated rings. The second-order valence-corrected chi connectivity index (χ2v) is 7.39. The predicted octanol–water partition coefficient (Wildman–Crippen LogP) is 1.41. The van der Waals surface area contributed by atoms with Crippen molar-refractivity contribution in [1.82, 2.24) is 0 Å². The number of likely N-dealkylation sites (N-methyl/N-ethyl adjacent to an activating group) is 1. The van der Waals surface area contributed by atoms with Crippen LogP contribution in [0.4, 0.5) is 10.7 Å². The minimum Gasteiger partial charge on any atom is -0.396 e. The molecule has 0 bridgehead atoms. The van der Waals surface area contributed by atoms with Crippen molar-refractivity contribution >= 4 is 37.6 Å². The molecule has 8 heteroatoms. The molecule has 0 saturated carbocycles. The van der Waals surface area contributed by atoms with Crippen molar-refractivity contribution < 1.29 is 17.9 Å². The number of methoxy groups -OCH3 is 1. The zero-order valence-electron chi connectivity index (χ0n) is 12.1. The normalized spacial score (nSPS) is 11.6.